The Labute approximate surface area is 231 Å². The van der Waals surface area contributed by atoms with E-state index >= 15 is 0 Å². The van der Waals surface area contributed by atoms with Crippen LogP contribution in [0.15, 0.2) is 52.5 Å². The lowest BCUT2D eigenvalue weighted by atomic mass is 10.1. The second-order valence-corrected chi connectivity index (χ2v) is 10.6. The molecule has 2 amide bonds. The molecular weight excluding hydrogens is 584 g/mol. The van der Waals surface area contributed by atoms with Gasteiger partial charge in [0.05, 0.1) is 28.7 Å². The van der Waals surface area contributed by atoms with Gasteiger partial charge in [0.2, 0.25) is 0 Å². The Morgan fingerprint density at radius 3 is 2.65 bits per heavy atom. The zero-order valence-corrected chi connectivity index (χ0v) is 21.8. The number of aromatic nitrogens is 2. The van der Waals surface area contributed by atoms with Crippen LogP contribution in [0.4, 0.5) is 26.3 Å². The monoisotopic (exact) mass is 601 g/mol. The highest BCUT2D eigenvalue weighted by molar-refractivity contribution is 8.18. The molecule has 2 aliphatic heterocycles. The van der Waals surface area contributed by atoms with E-state index in [9.17, 15) is 35.9 Å². The summed E-state index contributed by atoms with van der Waals surface area (Å²) in [6, 6.07) is 7.94. The maximum Gasteiger partial charge on any atom is 0.471 e. The topological polar surface area (TPSA) is 79.6 Å². The Morgan fingerprint density at radius 1 is 1.15 bits per heavy atom. The van der Waals surface area contributed by atoms with E-state index in [0.717, 1.165) is 17.8 Å². The number of amidine groups is 1. The number of nitrogens with zero attached hydrogens (tertiary/aromatic N) is 4. The third-order valence-electron chi connectivity index (χ3n) is 6.32. The number of aliphatic imine (C=N–C) groups is 1. The Kier molecular flexibility index (Phi) is 7.33. The molecule has 5 rings (SSSR count). The smallest absolute Gasteiger partial charge is 0.349 e. The van der Waals surface area contributed by atoms with Gasteiger partial charge in [-0.1, -0.05) is 23.7 Å². The molecule has 0 radical (unpaired) electrons. The standard InChI is InChI=1S/C25H18ClF6N5O2S/c26-16-3-2-14(18(9-16)24(27,28)29)11-37-19-4-1-13(7-15(19)10-33-37)8-20-21(38)35-23(40-20)36-6-5-17(12-36)34-22(39)25(30,31)32/h1-4,7-10,17H,5-6,11-12H2,(H,34,39)/b20-8-/t17-/m0/s1. The van der Waals surface area contributed by atoms with E-state index in [1.807, 2.05) is 5.32 Å². The van der Waals surface area contributed by atoms with E-state index in [1.165, 1.54) is 23.0 Å². The summed E-state index contributed by atoms with van der Waals surface area (Å²) in [6.45, 7) is 0.273. The predicted octanol–water partition coefficient (Wildman–Crippen LogP) is 5.48. The zero-order chi connectivity index (χ0) is 28.8. The fourth-order valence-corrected chi connectivity index (χ4v) is 5.56. The second-order valence-electron chi connectivity index (χ2n) is 9.13. The number of benzene rings is 2. The first kappa shape index (κ1) is 28.0. The van der Waals surface area contributed by atoms with Crippen molar-refractivity contribution < 1.29 is 35.9 Å². The van der Waals surface area contributed by atoms with Crippen LogP contribution in [0, 0.1) is 0 Å². The minimum atomic E-state index is -4.97. The molecule has 15 heteroatoms. The Bertz CT molecular complexity index is 1570. The first-order valence-electron chi connectivity index (χ1n) is 11.7. The molecule has 0 unspecified atom stereocenters. The highest BCUT2D eigenvalue weighted by Gasteiger charge is 2.41. The SMILES string of the molecule is O=C1N=C(N2CC[C@H](NC(=O)C(F)(F)F)C2)S/C1=C\c1ccc2c(cnn2Cc2ccc(Cl)cc2C(F)(F)F)c1. The van der Waals surface area contributed by atoms with E-state index in [1.54, 1.807) is 29.2 Å². The number of halogens is 7. The molecule has 1 fully saturated rings. The molecule has 40 heavy (non-hydrogen) atoms. The number of alkyl halides is 6. The van der Waals surface area contributed by atoms with Crippen molar-refractivity contribution in [2.75, 3.05) is 13.1 Å². The molecule has 0 bridgehead atoms. The van der Waals surface area contributed by atoms with Gasteiger partial charge in [0.25, 0.3) is 5.91 Å². The number of thioether (sulfide) groups is 1. The van der Waals surface area contributed by atoms with Crippen molar-refractivity contribution in [1.82, 2.24) is 20.0 Å². The van der Waals surface area contributed by atoms with Gasteiger partial charge in [0, 0.05) is 29.5 Å². The van der Waals surface area contributed by atoms with Crippen LogP contribution in [0.2, 0.25) is 5.02 Å². The third-order valence-corrected chi connectivity index (χ3v) is 7.60. The van der Waals surface area contributed by atoms with Crippen molar-refractivity contribution in [3.8, 4) is 0 Å². The molecule has 1 saturated heterocycles. The molecule has 210 valence electrons. The number of hydrogen-bond donors (Lipinski definition) is 1. The molecule has 2 aromatic carbocycles. The Morgan fingerprint density at radius 2 is 1.93 bits per heavy atom. The van der Waals surface area contributed by atoms with Gasteiger partial charge in [-0.05, 0) is 59.7 Å². The van der Waals surface area contributed by atoms with Crippen LogP contribution in [-0.4, -0.2) is 57.0 Å². The summed E-state index contributed by atoms with van der Waals surface area (Å²) in [5, 5.41) is 7.11. The molecular formula is C25H18ClF6N5O2S. The van der Waals surface area contributed by atoms with Crippen molar-refractivity contribution in [3.05, 3.63) is 69.2 Å². The van der Waals surface area contributed by atoms with Crippen LogP contribution in [0.5, 0.6) is 0 Å². The van der Waals surface area contributed by atoms with Crippen molar-refractivity contribution in [1.29, 1.82) is 0 Å². The summed E-state index contributed by atoms with van der Waals surface area (Å²) in [5.74, 6) is -2.52. The average molecular weight is 602 g/mol. The van der Waals surface area contributed by atoms with Crippen molar-refractivity contribution in [2.45, 2.75) is 31.4 Å². The number of nitrogens with one attached hydrogen (secondary N) is 1. The third kappa shape index (κ3) is 5.97. The van der Waals surface area contributed by atoms with E-state index in [4.69, 9.17) is 11.6 Å². The van der Waals surface area contributed by atoms with E-state index in [-0.39, 0.29) is 30.1 Å². The van der Waals surface area contributed by atoms with Crippen molar-refractivity contribution in [3.63, 3.8) is 0 Å². The van der Waals surface area contributed by atoms with Crippen LogP contribution in [0.25, 0.3) is 17.0 Å². The molecule has 2 aliphatic rings. The fourth-order valence-electron chi connectivity index (χ4n) is 4.44. The summed E-state index contributed by atoms with van der Waals surface area (Å²) in [4.78, 5) is 29.6. The van der Waals surface area contributed by atoms with Gasteiger partial charge in [-0.3, -0.25) is 14.3 Å². The summed E-state index contributed by atoms with van der Waals surface area (Å²) < 4.78 is 79.5. The molecule has 7 nitrogen and oxygen atoms in total. The van der Waals surface area contributed by atoms with Gasteiger partial charge >= 0.3 is 18.3 Å². The molecule has 3 heterocycles. The molecule has 1 N–H and O–H groups in total. The molecule has 1 aromatic heterocycles. The van der Waals surface area contributed by atoms with E-state index < -0.39 is 35.8 Å². The lowest BCUT2D eigenvalue weighted by molar-refractivity contribution is -0.174. The first-order valence-corrected chi connectivity index (χ1v) is 12.9. The Balaban J connectivity index is 1.28. The lowest BCUT2D eigenvalue weighted by Gasteiger charge is -2.17. The van der Waals surface area contributed by atoms with Crippen molar-refractivity contribution >= 4 is 57.3 Å². The minimum absolute atomic E-state index is 0.00727. The summed E-state index contributed by atoms with van der Waals surface area (Å²) >= 11 is 6.83. The van der Waals surface area contributed by atoms with Crippen LogP contribution in [0.3, 0.4) is 0 Å². The van der Waals surface area contributed by atoms with Gasteiger partial charge in [-0.2, -0.15) is 36.4 Å². The van der Waals surface area contributed by atoms with E-state index in [2.05, 4.69) is 10.1 Å². The predicted molar refractivity (Wildman–Crippen MR) is 137 cm³/mol. The maximum atomic E-state index is 13.5. The molecule has 0 spiro atoms. The number of hydrogen-bond acceptors (Lipinski definition) is 5. The summed E-state index contributed by atoms with van der Waals surface area (Å²) in [5.41, 5.74) is 0.368. The van der Waals surface area contributed by atoms with Gasteiger partial charge in [-0.25, -0.2) is 0 Å². The zero-order valence-electron chi connectivity index (χ0n) is 20.2. The van der Waals surface area contributed by atoms with Crippen LogP contribution < -0.4 is 5.32 Å². The average Bonchev–Trinajstić information content (AvgIpc) is 3.58. The number of likely N-dealkylation sites (tertiary alicyclic amines) is 1. The summed E-state index contributed by atoms with van der Waals surface area (Å²) in [6.07, 6.45) is -6.18. The number of carbonyl (C=O) groups excluding carboxylic acids is 2. The normalized spacial score (nSPS) is 19.1. The molecule has 0 aliphatic carbocycles. The number of carbonyl (C=O) groups is 2. The number of amides is 2. The Hall–Kier alpha value is -3.52. The quantitative estimate of drug-likeness (QED) is 0.317. The lowest BCUT2D eigenvalue weighted by Crippen LogP contribution is -2.44. The largest absolute Gasteiger partial charge is 0.471 e. The molecule has 0 saturated carbocycles. The van der Waals surface area contributed by atoms with Gasteiger partial charge < -0.3 is 10.2 Å². The van der Waals surface area contributed by atoms with Crippen LogP contribution >= 0.6 is 23.4 Å². The van der Waals surface area contributed by atoms with Crippen LogP contribution in [0.1, 0.15) is 23.1 Å². The van der Waals surface area contributed by atoms with Crippen molar-refractivity contribution in [2.24, 2.45) is 4.99 Å². The fraction of sp³-hybridized carbons (Fsp3) is 0.280. The first-order chi connectivity index (χ1) is 18.8. The van der Waals surface area contributed by atoms with Gasteiger partial charge in [0.1, 0.15) is 0 Å². The second kappa shape index (κ2) is 10.5. The highest BCUT2D eigenvalue weighted by atomic mass is 35.5. The maximum absolute atomic E-state index is 13.5. The van der Waals surface area contributed by atoms with E-state index in [0.29, 0.717) is 33.1 Å². The minimum Gasteiger partial charge on any atom is -0.349 e. The summed E-state index contributed by atoms with van der Waals surface area (Å²) in [7, 11) is 0. The molecule has 1 atom stereocenters. The van der Waals surface area contributed by atoms with Gasteiger partial charge in [0.15, 0.2) is 5.17 Å². The highest BCUT2D eigenvalue weighted by Crippen LogP contribution is 2.35. The van der Waals surface area contributed by atoms with Crippen LogP contribution in [-0.2, 0) is 22.3 Å². The van der Waals surface area contributed by atoms with Gasteiger partial charge in [-0.15, -0.1) is 0 Å². The number of fused-ring (bicyclic) bond motifs is 1. The number of rotatable bonds is 4. The molecule has 3 aromatic rings.